The molecule has 2 unspecified atom stereocenters. The molecule has 0 radical (unpaired) electrons. The lowest BCUT2D eigenvalue weighted by atomic mass is 9.94. The SMILES string of the molecule is O=C(c1ccc(=O)oc1)N1CC2CCCNC2C1. The molecule has 2 saturated heterocycles. The van der Waals surface area contributed by atoms with E-state index in [1.54, 1.807) is 0 Å². The van der Waals surface area contributed by atoms with Crippen LogP contribution in [-0.2, 0) is 0 Å². The monoisotopic (exact) mass is 248 g/mol. The molecule has 0 spiro atoms. The summed E-state index contributed by atoms with van der Waals surface area (Å²) in [4.78, 5) is 25.0. The van der Waals surface area contributed by atoms with Crippen LogP contribution in [0.4, 0.5) is 0 Å². The number of piperidine rings is 1. The number of amides is 1. The van der Waals surface area contributed by atoms with E-state index in [-0.39, 0.29) is 5.91 Å². The highest BCUT2D eigenvalue weighted by atomic mass is 16.4. The molecule has 0 saturated carbocycles. The summed E-state index contributed by atoms with van der Waals surface area (Å²) in [7, 11) is 0. The maximum absolute atomic E-state index is 12.2. The molecular formula is C13H16N2O3. The highest BCUT2D eigenvalue weighted by Gasteiger charge is 2.36. The van der Waals surface area contributed by atoms with Gasteiger partial charge in [-0.3, -0.25) is 4.79 Å². The van der Waals surface area contributed by atoms with Crippen molar-refractivity contribution in [3.05, 3.63) is 34.4 Å². The molecule has 1 amide bonds. The summed E-state index contributed by atoms with van der Waals surface area (Å²) in [5.41, 5.74) is 0.0246. The summed E-state index contributed by atoms with van der Waals surface area (Å²) in [5, 5.41) is 3.46. The van der Waals surface area contributed by atoms with Crippen LogP contribution in [-0.4, -0.2) is 36.5 Å². The van der Waals surface area contributed by atoms with Gasteiger partial charge < -0.3 is 14.6 Å². The number of rotatable bonds is 1. The molecule has 2 aliphatic heterocycles. The van der Waals surface area contributed by atoms with E-state index >= 15 is 0 Å². The molecule has 0 bridgehead atoms. The Morgan fingerprint density at radius 1 is 1.39 bits per heavy atom. The van der Waals surface area contributed by atoms with Crippen molar-refractivity contribution in [3.8, 4) is 0 Å². The maximum atomic E-state index is 12.2. The zero-order chi connectivity index (χ0) is 12.5. The van der Waals surface area contributed by atoms with Crippen molar-refractivity contribution in [3.63, 3.8) is 0 Å². The van der Waals surface area contributed by atoms with Crippen LogP contribution in [0.1, 0.15) is 23.2 Å². The number of likely N-dealkylation sites (tertiary alicyclic amines) is 1. The molecule has 3 rings (SSSR count). The third-order valence-electron chi connectivity index (χ3n) is 3.83. The van der Waals surface area contributed by atoms with Crippen molar-refractivity contribution < 1.29 is 9.21 Å². The minimum absolute atomic E-state index is 0.0463. The molecular weight excluding hydrogens is 232 g/mol. The molecule has 1 N–H and O–H groups in total. The molecule has 5 heteroatoms. The van der Waals surface area contributed by atoms with E-state index in [1.165, 1.54) is 31.2 Å². The van der Waals surface area contributed by atoms with E-state index in [4.69, 9.17) is 4.42 Å². The molecule has 0 aliphatic carbocycles. The summed E-state index contributed by atoms with van der Waals surface area (Å²) in [6, 6.07) is 3.25. The fourth-order valence-corrected chi connectivity index (χ4v) is 2.87. The lowest BCUT2D eigenvalue weighted by Gasteiger charge is -2.24. The normalized spacial score (nSPS) is 27.0. The van der Waals surface area contributed by atoms with Gasteiger partial charge in [-0.05, 0) is 31.4 Å². The first-order chi connectivity index (χ1) is 8.74. The zero-order valence-electron chi connectivity index (χ0n) is 10.1. The van der Waals surface area contributed by atoms with Crippen LogP contribution in [0.15, 0.2) is 27.6 Å². The Balaban J connectivity index is 1.74. The fraction of sp³-hybridized carbons (Fsp3) is 0.538. The van der Waals surface area contributed by atoms with Crippen LogP contribution in [0, 0.1) is 5.92 Å². The maximum Gasteiger partial charge on any atom is 0.335 e. The van der Waals surface area contributed by atoms with Gasteiger partial charge in [0.05, 0.1) is 5.56 Å². The second-order valence-electron chi connectivity index (χ2n) is 5.02. The van der Waals surface area contributed by atoms with Crippen molar-refractivity contribution in [1.82, 2.24) is 10.2 Å². The van der Waals surface area contributed by atoms with Gasteiger partial charge in [0.2, 0.25) is 0 Å². The Bertz CT molecular complexity index is 477. The van der Waals surface area contributed by atoms with Crippen molar-refractivity contribution in [2.45, 2.75) is 18.9 Å². The third kappa shape index (κ3) is 2.06. The number of nitrogens with one attached hydrogen (secondary N) is 1. The number of nitrogens with zero attached hydrogens (tertiary/aromatic N) is 1. The fourth-order valence-electron chi connectivity index (χ4n) is 2.87. The largest absolute Gasteiger partial charge is 0.430 e. The first-order valence-corrected chi connectivity index (χ1v) is 6.35. The zero-order valence-corrected chi connectivity index (χ0v) is 10.1. The predicted molar refractivity (Wildman–Crippen MR) is 65.4 cm³/mol. The first-order valence-electron chi connectivity index (χ1n) is 6.35. The molecule has 96 valence electrons. The smallest absolute Gasteiger partial charge is 0.335 e. The Morgan fingerprint density at radius 3 is 3.00 bits per heavy atom. The van der Waals surface area contributed by atoms with E-state index in [1.807, 2.05) is 4.90 Å². The van der Waals surface area contributed by atoms with Gasteiger partial charge in [-0.2, -0.15) is 0 Å². The van der Waals surface area contributed by atoms with Crippen molar-refractivity contribution >= 4 is 5.91 Å². The average Bonchev–Trinajstić information content (AvgIpc) is 2.82. The van der Waals surface area contributed by atoms with E-state index in [0.29, 0.717) is 17.5 Å². The van der Waals surface area contributed by atoms with Crippen LogP contribution >= 0.6 is 0 Å². The molecule has 5 nitrogen and oxygen atoms in total. The Labute approximate surface area is 105 Å². The number of carbonyl (C=O) groups excluding carboxylic acids is 1. The molecule has 18 heavy (non-hydrogen) atoms. The second-order valence-corrected chi connectivity index (χ2v) is 5.02. The predicted octanol–water partition coefficient (Wildman–Crippen LogP) is 0.464. The highest BCUT2D eigenvalue weighted by Crippen LogP contribution is 2.25. The van der Waals surface area contributed by atoms with Gasteiger partial charge in [0.25, 0.3) is 5.91 Å². The Morgan fingerprint density at radius 2 is 2.28 bits per heavy atom. The van der Waals surface area contributed by atoms with E-state index in [9.17, 15) is 9.59 Å². The van der Waals surface area contributed by atoms with Gasteiger partial charge in [0, 0.05) is 25.2 Å². The van der Waals surface area contributed by atoms with Gasteiger partial charge in [-0.15, -0.1) is 0 Å². The summed E-state index contributed by atoms with van der Waals surface area (Å²) in [6.45, 7) is 2.60. The van der Waals surface area contributed by atoms with Crippen molar-refractivity contribution in [2.75, 3.05) is 19.6 Å². The van der Waals surface area contributed by atoms with Gasteiger partial charge in [0.1, 0.15) is 6.26 Å². The van der Waals surface area contributed by atoms with E-state index < -0.39 is 5.63 Å². The Kier molecular flexibility index (Phi) is 2.91. The molecule has 1 aromatic heterocycles. The summed E-state index contributed by atoms with van der Waals surface area (Å²) in [5.74, 6) is 0.522. The molecule has 0 aromatic carbocycles. The lowest BCUT2D eigenvalue weighted by molar-refractivity contribution is 0.0783. The molecule has 1 aromatic rings. The average molecular weight is 248 g/mol. The summed E-state index contributed by atoms with van der Waals surface area (Å²) >= 11 is 0. The minimum Gasteiger partial charge on any atom is -0.430 e. The lowest BCUT2D eigenvalue weighted by Crippen LogP contribution is -2.41. The van der Waals surface area contributed by atoms with Crippen LogP contribution < -0.4 is 10.9 Å². The summed E-state index contributed by atoms with van der Waals surface area (Å²) < 4.78 is 4.74. The highest BCUT2D eigenvalue weighted by molar-refractivity contribution is 5.94. The van der Waals surface area contributed by atoms with Gasteiger partial charge in [0.15, 0.2) is 0 Å². The second kappa shape index (κ2) is 4.57. The number of hydrogen-bond acceptors (Lipinski definition) is 4. The van der Waals surface area contributed by atoms with Crippen LogP contribution in [0.2, 0.25) is 0 Å². The van der Waals surface area contributed by atoms with Crippen LogP contribution in [0.25, 0.3) is 0 Å². The third-order valence-corrected chi connectivity index (χ3v) is 3.83. The molecule has 2 fully saturated rings. The topological polar surface area (TPSA) is 62.6 Å². The Hall–Kier alpha value is -1.62. The van der Waals surface area contributed by atoms with Gasteiger partial charge in [-0.25, -0.2) is 4.79 Å². The number of hydrogen-bond donors (Lipinski definition) is 1. The molecule has 2 aliphatic rings. The quantitative estimate of drug-likeness (QED) is 0.784. The first kappa shape index (κ1) is 11.5. The van der Waals surface area contributed by atoms with E-state index in [0.717, 1.165) is 19.6 Å². The summed E-state index contributed by atoms with van der Waals surface area (Å²) in [6.07, 6.45) is 3.62. The van der Waals surface area contributed by atoms with Gasteiger partial charge >= 0.3 is 5.63 Å². The standard InChI is InChI=1S/C13H16N2O3/c16-12-4-3-10(8-18-12)13(17)15-6-9-2-1-5-14-11(9)7-15/h3-4,8-9,11,14H,1-2,5-7H2. The number of fused-ring (bicyclic) bond motifs is 1. The molecule has 2 atom stereocenters. The van der Waals surface area contributed by atoms with E-state index in [2.05, 4.69) is 5.32 Å². The number of carbonyl (C=O) groups is 1. The molecule has 3 heterocycles. The van der Waals surface area contributed by atoms with Crippen molar-refractivity contribution in [2.24, 2.45) is 5.92 Å². The van der Waals surface area contributed by atoms with Crippen LogP contribution in [0.5, 0.6) is 0 Å². The van der Waals surface area contributed by atoms with Crippen molar-refractivity contribution in [1.29, 1.82) is 0 Å². The van der Waals surface area contributed by atoms with Gasteiger partial charge in [-0.1, -0.05) is 0 Å². The van der Waals surface area contributed by atoms with Crippen LogP contribution in [0.3, 0.4) is 0 Å². The minimum atomic E-state index is -0.427.